The zero-order chi connectivity index (χ0) is 10.3. The van der Waals surface area contributed by atoms with Crippen LogP contribution in [0.3, 0.4) is 0 Å². The van der Waals surface area contributed by atoms with Crippen LogP contribution in [0.4, 0.5) is 0 Å². The van der Waals surface area contributed by atoms with Crippen LogP contribution < -0.4 is 5.32 Å². The molecule has 0 amide bonds. The molecule has 1 heterocycles. The summed E-state index contributed by atoms with van der Waals surface area (Å²) in [5.74, 6) is 0. The molecule has 1 saturated heterocycles. The number of hydrogen-bond donors (Lipinski definition) is 1. The van der Waals surface area contributed by atoms with Gasteiger partial charge in [0.25, 0.3) is 0 Å². The third-order valence-corrected chi connectivity index (χ3v) is 1.99. The highest BCUT2D eigenvalue weighted by Gasteiger charge is 2.10. The minimum Gasteiger partial charge on any atom is -0.359 e. The monoisotopic (exact) mass is 179 g/mol. The number of piperidine rings is 1. The molecule has 74 valence electrons. The van der Waals surface area contributed by atoms with E-state index in [0.29, 0.717) is 0 Å². The molecule has 1 fully saturated rings. The first-order valence-corrected chi connectivity index (χ1v) is 5.04. The molecule has 1 rings (SSSR count). The van der Waals surface area contributed by atoms with Gasteiger partial charge in [0, 0.05) is 11.4 Å². The van der Waals surface area contributed by atoms with Crippen molar-refractivity contribution in [2.45, 2.75) is 40.5 Å². The first kappa shape index (κ1) is 12.0. The second-order valence-electron chi connectivity index (χ2n) is 2.74. The molecule has 1 N–H and O–H groups in total. The average Bonchev–Trinajstić information content (AvgIpc) is 2.20. The Bertz CT molecular complexity index is 221. The van der Waals surface area contributed by atoms with Crippen LogP contribution in [-0.4, -0.2) is 0 Å². The summed E-state index contributed by atoms with van der Waals surface area (Å²) in [5, 5.41) is 3.27. The minimum atomic E-state index is 1.07. The molecule has 0 aromatic rings. The zero-order valence-electron chi connectivity index (χ0n) is 9.28. The van der Waals surface area contributed by atoms with Crippen LogP contribution in [0.15, 0.2) is 35.7 Å². The van der Waals surface area contributed by atoms with E-state index in [4.69, 9.17) is 0 Å². The zero-order valence-corrected chi connectivity index (χ0v) is 9.28. The van der Waals surface area contributed by atoms with Crippen molar-refractivity contribution in [2.24, 2.45) is 0 Å². The Hall–Kier alpha value is -0.980. The van der Waals surface area contributed by atoms with Gasteiger partial charge in [0.15, 0.2) is 0 Å². The van der Waals surface area contributed by atoms with E-state index in [1.165, 1.54) is 11.3 Å². The van der Waals surface area contributed by atoms with E-state index in [-0.39, 0.29) is 0 Å². The van der Waals surface area contributed by atoms with E-state index in [1.807, 2.05) is 20.8 Å². The maximum absolute atomic E-state index is 3.90. The van der Waals surface area contributed by atoms with Crippen LogP contribution in [0.1, 0.15) is 40.5 Å². The second-order valence-corrected chi connectivity index (χ2v) is 2.74. The summed E-state index contributed by atoms with van der Waals surface area (Å²) in [6.45, 7) is 12.0. The lowest BCUT2D eigenvalue weighted by Gasteiger charge is -2.21. The molecule has 0 bridgehead atoms. The summed E-state index contributed by atoms with van der Waals surface area (Å²) in [7, 11) is 0. The van der Waals surface area contributed by atoms with Crippen molar-refractivity contribution >= 4 is 0 Å². The maximum Gasteiger partial charge on any atom is 0.0367 e. The van der Waals surface area contributed by atoms with Gasteiger partial charge in [0.2, 0.25) is 0 Å². The van der Waals surface area contributed by atoms with Gasteiger partial charge in [-0.05, 0) is 32.3 Å². The maximum atomic E-state index is 3.90. The van der Waals surface area contributed by atoms with Crippen molar-refractivity contribution < 1.29 is 0 Å². The molecule has 1 aliphatic rings. The van der Waals surface area contributed by atoms with Crippen LogP contribution in [0, 0.1) is 0 Å². The molecule has 0 atom stereocenters. The molecule has 0 radical (unpaired) electrons. The molecule has 0 aromatic carbocycles. The van der Waals surface area contributed by atoms with E-state index in [9.17, 15) is 0 Å². The summed E-state index contributed by atoms with van der Waals surface area (Å²) in [4.78, 5) is 0. The molecule has 0 saturated carbocycles. The van der Waals surface area contributed by atoms with E-state index in [2.05, 4.69) is 31.0 Å². The highest BCUT2D eigenvalue weighted by Crippen LogP contribution is 2.22. The van der Waals surface area contributed by atoms with Crippen molar-refractivity contribution in [3.8, 4) is 0 Å². The Morgan fingerprint density at radius 3 is 2.23 bits per heavy atom. The molecule has 13 heavy (non-hydrogen) atoms. The number of nitrogens with one attached hydrogen (secondary N) is 1. The van der Waals surface area contributed by atoms with E-state index >= 15 is 0 Å². The molecule has 0 spiro atoms. The summed E-state index contributed by atoms with van der Waals surface area (Å²) in [5.41, 5.74) is 3.76. The van der Waals surface area contributed by atoms with Gasteiger partial charge in [-0.2, -0.15) is 0 Å². The molecular weight excluding hydrogens is 158 g/mol. The Labute approximate surface area is 82.2 Å². The Morgan fingerprint density at radius 2 is 1.77 bits per heavy atom. The Balaban J connectivity index is 0.000000671. The second kappa shape index (κ2) is 6.53. The van der Waals surface area contributed by atoms with Crippen molar-refractivity contribution in [1.82, 2.24) is 5.32 Å². The molecule has 0 aliphatic carbocycles. The molecular formula is C12H21N. The summed E-state index contributed by atoms with van der Waals surface area (Å²) in [6, 6.07) is 0. The van der Waals surface area contributed by atoms with Crippen LogP contribution in [-0.2, 0) is 0 Å². The lowest BCUT2D eigenvalue weighted by molar-refractivity contribution is 0.767. The topological polar surface area (TPSA) is 12.0 Å². The average molecular weight is 179 g/mol. The predicted molar refractivity (Wildman–Crippen MR) is 60.4 cm³/mol. The van der Waals surface area contributed by atoms with Crippen molar-refractivity contribution in [1.29, 1.82) is 0 Å². The molecule has 1 heteroatoms. The SMILES string of the molecule is C=C1CCC(=C/C)/C(=C\C)N1.CC. The van der Waals surface area contributed by atoms with Gasteiger partial charge in [-0.15, -0.1) is 0 Å². The minimum absolute atomic E-state index is 1.07. The third-order valence-electron chi connectivity index (χ3n) is 1.99. The standard InChI is InChI=1S/C10H15N.C2H6/c1-4-9-7-6-8(3)11-10(9)5-2;1-2/h4-5,11H,3,6-7H2,1-2H3;1-2H3/b9-4-,10-5+;. The first-order valence-electron chi connectivity index (χ1n) is 5.04. The number of hydrogen-bond acceptors (Lipinski definition) is 1. The van der Waals surface area contributed by atoms with Crippen molar-refractivity contribution in [3.63, 3.8) is 0 Å². The molecule has 1 aliphatic heterocycles. The van der Waals surface area contributed by atoms with Crippen LogP contribution in [0.5, 0.6) is 0 Å². The fourth-order valence-electron chi connectivity index (χ4n) is 1.31. The van der Waals surface area contributed by atoms with E-state index in [0.717, 1.165) is 18.5 Å². The predicted octanol–water partition coefficient (Wildman–Crippen LogP) is 3.76. The van der Waals surface area contributed by atoms with Gasteiger partial charge < -0.3 is 5.32 Å². The quantitative estimate of drug-likeness (QED) is 0.597. The fourth-order valence-corrected chi connectivity index (χ4v) is 1.31. The van der Waals surface area contributed by atoms with Crippen molar-refractivity contribution in [2.75, 3.05) is 0 Å². The van der Waals surface area contributed by atoms with Crippen LogP contribution >= 0.6 is 0 Å². The van der Waals surface area contributed by atoms with Gasteiger partial charge in [-0.25, -0.2) is 0 Å². The first-order chi connectivity index (χ1) is 6.27. The lowest BCUT2D eigenvalue weighted by Crippen LogP contribution is -2.18. The number of rotatable bonds is 0. The summed E-state index contributed by atoms with van der Waals surface area (Å²) >= 11 is 0. The number of allylic oxidation sites excluding steroid dienone is 4. The third kappa shape index (κ3) is 3.49. The molecule has 0 aromatic heterocycles. The van der Waals surface area contributed by atoms with E-state index < -0.39 is 0 Å². The van der Waals surface area contributed by atoms with Crippen LogP contribution in [0.25, 0.3) is 0 Å². The molecule has 0 unspecified atom stereocenters. The normalized spacial score (nSPS) is 22.3. The lowest BCUT2D eigenvalue weighted by atomic mass is 10.0. The van der Waals surface area contributed by atoms with Gasteiger partial charge in [0.1, 0.15) is 0 Å². The van der Waals surface area contributed by atoms with Gasteiger partial charge in [-0.1, -0.05) is 32.6 Å². The van der Waals surface area contributed by atoms with Crippen molar-refractivity contribution in [3.05, 3.63) is 35.7 Å². The van der Waals surface area contributed by atoms with E-state index in [1.54, 1.807) is 0 Å². The highest BCUT2D eigenvalue weighted by molar-refractivity contribution is 5.34. The highest BCUT2D eigenvalue weighted by atomic mass is 14.9. The summed E-state index contributed by atoms with van der Waals surface area (Å²) in [6.07, 6.45) is 6.45. The Kier molecular flexibility index (Phi) is 6.03. The molecule has 1 nitrogen and oxygen atoms in total. The Morgan fingerprint density at radius 1 is 1.15 bits per heavy atom. The van der Waals surface area contributed by atoms with Crippen LogP contribution in [0.2, 0.25) is 0 Å². The smallest absolute Gasteiger partial charge is 0.0367 e. The van der Waals surface area contributed by atoms with Gasteiger partial charge >= 0.3 is 0 Å². The largest absolute Gasteiger partial charge is 0.359 e. The fraction of sp³-hybridized carbons (Fsp3) is 0.500. The summed E-state index contributed by atoms with van der Waals surface area (Å²) < 4.78 is 0. The van der Waals surface area contributed by atoms with Gasteiger partial charge in [0.05, 0.1) is 0 Å². The van der Waals surface area contributed by atoms with Gasteiger partial charge in [-0.3, -0.25) is 0 Å².